The first-order chi connectivity index (χ1) is 9.52. The van der Waals surface area contributed by atoms with Gasteiger partial charge in [-0.3, -0.25) is 9.59 Å². The summed E-state index contributed by atoms with van der Waals surface area (Å²) in [6.07, 6.45) is 1.30. The number of nitrogens with one attached hydrogen (secondary N) is 2. The molecule has 1 aromatic carbocycles. The molecule has 20 heavy (non-hydrogen) atoms. The quantitative estimate of drug-likeness (QED) is 0.760. The Bertz CT molecular complexity index is 478. The minimum absolute atomic E-state index is 0.144. The monoisotopic (exact) mass is 316 g/mol. The van der Waals surface area contributed by atoms with Crippen LogP contribution in [0, 0.1) is 0 Å². The van der Waals surface area contributed by atoms with Crippen LogP contribution < -0.4 is 10.6 Å². The lowest BCUT2D eigenvalue weighted by Crippen LogP contribution is -2.33. The van der Waals surface area contributed by atoms with Gasteiger partial charge in [0.1, 0.15) is 6.42 Å². The van der Waals surface area contributed by atoms with E-state index in [1.807, 2.05) is 13.0 Å². The first kappa shape index (κ1) is 16.8. The molecule has 0 atom stereocenters. The van der Waals surface area contributed by atoms with E-state index in [2.05, 4.69) is 10.6 Å². The Morgan fingerprint density at radius 2 is 1.75 bits per heavy atom. The largest absolute Gasteiger partial charge is 0.356 e. The summed E-state index contributed by atoms with van der Waals surface area (Å²) in [6.45, 7) is 2.98. The normalized spacial score (nSPS) is 10.2. The molecule has 6 heteroatoms. The summed E-state index contributed by atoms with van der Waals surface area (Å²) < 4.78 is 0. The van der Waals surface area contributed by atoms with Crippen LogP contribution in [0.2, 0.25) is 10.0 Å². The zero-order valence-corrected chi connectivity index (χ0v) is 12.9. The standard InChI is InChI=1S/C14H18Cl2N2O2/c1-2-6-17-13(19)9-14(20)18-7-5-10-3-4-11(15)8-12(10)16/h3-4,8H,2,5-7,9H2,1H3,(H,17,19)(H,18,20). The highest BCUT2D eigenvalue weighted by Crippen LogP contribution is 2.20. The Labute approximate surface area is 128 Å². The summed E-state index contributed by atoms with van der Waals surface area (Å²) in [5.41, 5.74) is 0.909. The fraction of sp³-hybridized carbons (Fsp3) is 0.429. The van der Waals surface area contributed by atoms with E-state index in [1.54, 1.807) is 12.1 Å². The van der Waals surface area contributed by atoms with Crippen molar-refractivity contribution in [2.75, 3.05) is 13.1 Å². The average molecular weight is 317 g/mol. The van der Waals surface area contributed by atoms with E-state index in [1.165, 1.54) is 0 Å². The molecule has 110 valence electrons. The number of carbonyl (C=O) groups excluding carboxylic acids is 2. The van der Waals surface area contributed by atoms with Gasteiger partial charge in [-0.05, 0) is 30.5 Å². The molecule has 0 saturated heterocycles. The molecule has 1 aromatic rings. The van der Waals surface area contributed by atoms with Crippen molar-refractivity contribution < 1.29 is 9.59 Å². The van der Waals surface area contributed by atoms with Gasteiger partial charge in [0.15, 0.2) is 0 Å². The second-order valence-electron chi connectivity index (χ2n) is 4.36. The van der Waals surface area contributed by atoms with Crippen molar-refractivity contribution in [3.8, 4) is 0 Å². The van der Waals surface area contributed by atoms with Crippen molar-refractivity contribution in [2.24, 2.45) is 0 Å². The molecule has 0 fully saturated rings. The second-order valence-corrected chi connectivity index (χ2v) is 5.21. The van der Waals surface area contributed by atoms with Crippen LogP contribution in [-0.2, 0) is 16.0 Å². The average Bonchev–Trinajstić information content (AvgIpc) is 2.39. The molecule has 0 saturated carbocycles. The van der Waals surface area contributed by atoms with E-state index in [-0.39, 0.29) is 18.2 Å². The summed E-state index contributed by atoms with van der Waals surface area (Å²) >= 11 is 11.8. The molecule has 0 radical (unpaired) electrons. The molecule has 0 bridgehead atoms. The zero-order chi connectivity index (χ0) is 15.0. The molecule has 2 N–H and O–H groups in total. The van der Waals surface area contributed by atoms with E-state index in [0.717, 1.165) is 12.0 Å². The molecular formula is C14H18Cl2N2O2. The lowest BCUT2D eigenvalue weighted by atomic mass is 10.1. The molecule has 0 heterocycles. The highest BCUT2D eigenvalue weighted by atomic mass is 35.5. The van der Waals surface area contributed by atoms with E-state index in [0.29, 0.717) is 29.6 Å². The van der Waals surface area contributed by atoms with E-state index in [4.69, 9.17) is 23.2 Å². The topological polar surface area (TPSA) is 58.2 Å². The van der Waals surface area contributed by atoms with Gasteiger partial charge in [-0.2, -0.15) is 0 Å². The lowest BCUT2D eigenvalue weighted by Gasteiger charge is -2.07. The van der Waals surface area contributed by atoms with Gasteiger partial charge in [-0.1, -0.05) is 36.2 Å². The molecule has 0 aliphatic rings. The number of rotatable bonds is 7. The Hall–Kier alpha value is -1.26. The van der Waals surface area contributed by atoms with Gasteiger partial charge in [0.25, 0.3) is 0 Å². The molecular weight excluding hydrogens is 299 g/mol. The van der Waals surface area contributed by atoms with Crippen LogP contribution in [-0.4, -0.2) is 24.9 Å². The minimum Gasteiger partial charge on any atom is -0.356 e. The number of benzene rings is 1. The Kier molecular flexibility index (Phi) is 7.41. The molecule has 0 unspecified atom stereocenters. The van der Waals surface area contributed by atoms with Crippen LogP contribution in [0.5, 0.6) is 0 Å². The van der Waals surface area contributed by atoms with Crippen LogP contribution in [0.25, 0.3) is 0 Å². The van der Waals surface area contributed by atoms with E-state index < -0.39 is 0 Å². The van der Waals surface area contributed by atoms with Crippen molar-refractivity contribution in [3.63, 3.8) is 0 Å². The second kappa shape index (κ2) is 8.82. The van der Waals surface area contributed by atoms with Gasteiger partial charge in [0.2, 0.25) is 11.8 Å². The Morgan fingerprint density at radius 3 is 2.35 bits per heavy atom. The third-order valence-electron chi connectivity index (χ3n) is 2.62. The maximum Gasteiger partial charge on any atom is 0.229 e. The highest BCUT2D eigenvalue weighted by molar-refractivity contribution is 6.35. The predicted molar refractivity (Wildman–Crippen MR) is 81.1 cm³/mol. The van der Waals surface area contributed by atoms with E-state index in [9.17, 15) is 9.59 Å². The fourth-order valence-corrected chi connectivity index (χ4v) is 2.10. The smallest absolute Gasteiger partial charge is 0.229 e. The molecule has 2 amide bonds. The number of halogens is 2. The van der Waals surface area contributed by atoms with Gasteiger partial charge >= 0.3 is 0 Å². The van der Waals surface area contributed by atoms with Gasteiger partial charge < -0.3 is 10.6 Å². The third-order valence-corrected chi connectivity index (χ3v) is 3.21. The molecule has 1 rings (SSSR count). The van der Waals surface area contributed by atoms with Crippen molar-refractivity contribution in [2.45, 2.75) is 26.2 Å². The first-order valence-corrected chi connectivity index (χ1v) is 7.26. The Morgan fingerprint density at radius 1 is 1.10 bits per heavy atom. The maximum atomic E-state index is 11.5. The van der Waals surface area contributed by atoms with Crippen LogP contribution in [0.15, 0.2) is 18.2 Å². The van der Waals surface area contributed by atoms with Gasteiger partial charge in [-0.25, -0.2) is 0 Å². The van der Waals surface area contributed by atoms with Crippen molar-refractivity contribution >= 4 is 35.0 Å². The summed E-state index contributed by atoms with van der Waals surface area (Å²) in [4.78, 5) is 22.8. The zero-order valence-electron chi connectivity index (χ0n) is 11.3. The minimum atomic E-state index is -0.288. The highest BCUT2D eigenvalue weighted by Gasteiger charge is 2.08. The third kappa shape index (κ3) is 6.26. The summed E-state index contributed by atoms with van der Waals surface area (Å²) in [5.74, 6) is -0.544. The van der Waals surface area contributed by atoms with Crippen LogP contribution in [0.3, 0.4) is 0 Å². The predicted octanol–water partition coefficient (Wildman–Crippen LogP) is 2.57. The number of hydrogen-bond acceptors (Lipinski definition) is 2. The van der Waals surface area contributed by atoms with Crippen molar-refractivity contribution in [1.29, 1.82) is 0 Å². The van der Waals surface area contributed by atoms with Gasteiger partial charge in [0, 0.05) is 23.1 Å². The number of carbonyl (C=O) groups is 2. The molecule has 0 aliphatic heterocycles. The van der Waals surface area contributed by atoms with Crippen LogP contribution in [0.1, 0.15) is 25.3 Å². The molecule has 4 nitrogen and oxygen atoms in total. The van der Waals surface area contributed by atoms with Gasteiger partial charge in [0.05, 0.1) is 0 Å². The molecule has 0 spiro atoms. The van der Waals surface area contributed by atoms with E-state index >= 15 is 0 Å². The summed E-state index contributed by atoms with van der Waals surface area (Å²) in [6, 6.07) is 5.24. The number of hydrogen-bond donors (Lipinski definition) is 2. The van der Waals surface area contributed by atoms with Crippen LogP contribution in [0.4, 0.5) is 0 Å². The van der Waals surface area contributed by atoms with Crippen molar-refractivity contribution in [1.82, 2.24) is 10.6 Å². The number of amides is 2. The maximum absolute atomic E-state index is 11.5. The van der Waals surface area contributed by atoms with Crippen LogP contribution >= 0.6 is 23.2 Å². The first-order valence-electron chi connectivity index (χ1n) is 6.50. The SMILES string of the molecule is CCCNC(=O)CC(=O)NCCc1ccc(Cl)cc1Cl. The van der Waals surface area contributed by atoms with Crippen molar-refractivity contribution in [3.05, 3.63) is 33.8 Å². The fourth-order valence-electron chi connectivity index (χ4n) is 1.60. The van der Waals surface area contributed by atoms with Gasteiger partial charge in [-0.15, -0.1) is 0 Å². The molecule has 0 aliphatic carbocycles. The molecule has 0 aromatic heterocycles. The lowest BCUT2D eigenvalue weighted by molar-refractivity contribution is -0.129. The Balaban J connectivity index is 2.29. The summed E-state index contributed by atoms with van der Waals surface area (Å²) in [7, 11) is 0. The summed E-state index contributed by atoms with van der Waals surface area (Å²) in [5, 5.41) is 6.50.